The number of rotatable bonds is 5. The van der Waals surface area contributed by atoms with Gasteiger partial charge < -0.3 is 10.8 Å². The summed E-state index contributed by atoms with van der Waals surface area (Å²) >= 11 is 0. The number of aryl methyl sites for hydroxylation is 1. The summed E-state index contributed by atoms with van der Waals surface area (Å²) in [7, 11) is 0. The molecule has 0 aliphatic rings. The lowest BCUT2D eigenvalue weighted by atomic mass is 10.1. The molecule has 1 aromatic rings. The summed E-state index contributed by atoms with van der Waals surface area (Å²) in [5.41, 5.74) is 6.14. The van der Waals surface area contributed by atoms with Gasteiger partial charge in [0.15, 0.2) is 0 Å². The number of nitrogens with two attached hydrogens (primary N) is 1. The van der Waals surface area contributed by atoms with Crippen molar-refractivity contribution in [3.05, 3.63) is 33.9 Å². The Morgan fingerprint density at radius 2 is 2.19 bits per heavy atom. The van der Waals surface area contributed by atoms with Crippen molar-refractivity contribution in [3.8, 4) is 0 Å². The van der Waals surface area contributed by atoms with E-state index < -0.39 is 10.9 Å². The molecule has 0 bridgehead atoms. The molecule has 0 spiro atoms. The molecule has 0 atom stereocenters. The molecule has 0 saturated carbocycles. The monoisotopic (exact) mass is 224 g/mol. The minimum atomic E-state index is -0.870. The number of aliphatic carboxylic acids is 1. The Morgan fingerprint density at radius 3 is 2.75 bits per heavy atom. The molecule has 0 aliphatic heterocycles. The SMILES string of the molecule is Nc1ccc(CCCC(=O)O)cc1[N+](=O)[O-]. The van der Waals surface area contributed by atoms with Gasteiger partial charge in [0.2, 0.25) is 0 Å². The van der Waals surface area contributed by atoms with Crippen molar-refractivity contribution >= 4 is 17.3 Å². The van der Waals surface area contributed by atoms with E-state index in [9.17, 15) is 14.9 Å². The second kappa shape index (κ2) is 5.11. The zero-order valence-electron chi connectivity index (χ0n) is 8.55. The van der Waals surface area contributed by atoms with Gasteiger partial charge in [0.25, 0.3) is 5.69 Å². The van der Waals surface area contributed by atoms with Crippen molar-refractivity contribution in [2.45, 2.75) is 19.3 Å². The Kier molecular flexibility index (Phi) is 3.82. The van der Waals surface area contributed by atoms with Crippen LogP contribution < -0.4 is 5.73 Å². The summed E-state index contributed by atoms with van der Waals surface area (Å²) in [5, 5.41) is 19.0. The van der Waals surface area contributed by atoms with E-state index in [4.69, 9.17) is 10.8 Å². The maximum absolute atomic E-state index is 10.6. The molecule has 3 N–H and O–H groups in total. The summed E-state index contributed by atoms with van der Waals surface area (Å²) in [4.78, 5) is 20.3. The van der Waals surface area contributed by atoms with E-state index in [1.807, 2.05) is 0 Å². The van der Waals surface area contributed by atoms with Crippen molar-refractivity contribution in [1.82, 2.24) is 0 Å². The number of benzene rings is 1. The molecule has 0 amide bonds. The summed E-state index contributed by atoms with van der Waals surface area (Å²) in [5.74, 6) is -0.870. The van der Waals surface area contributed by atoms with Crippen LogP contribution in [0.3, 0.4) is 0 Å². The number of nitrogen functional groups attached to an aromatic ring is 1. The molecule has 0 unspecified atom stereocenters. The fraction of sp³-hybridized carbons (Fsp3) is 0.300. The van der Waals surface area contributed by atoms with Crippen LogP contribution in [0.15, 0.2) is 18.2 Å². The largest absolute Gasteiger partial charge is 0.481 e. The number of hydrogen-bond acceptors (Lipinski definition) is 4. The van der Waals surface area contributed by atoms with Gasteiger partial charge in [-0.25, -0.2) is 0 Å². The maximum Gasteiger partial charge on any atom is 0.303 e. The molecule has 1 aromatic carbocycles. The van der Waals surface area contributed by atoms with Gasteiger partial charge in [-0.05, 0) is 24.5 Å². The highest BCUT2D eigenvalue weighted by Crippen LogP contribution is 2.23. The lowest BCUT2D eigenvalue weighted by Gasteiger charge is -2.02. The number of anilines is 1. The van der Waals surface area contributed by atoms with E-state index >= 15 is 0 Å². The fourth-order valence-corrected chi connectivity index (χ4v) is 1.35. The molecule has 0 heterocycles. The topological polar surface area (TPSA) is 106 Å². The van der Waals surface area contributed by atoms with E-state index in [2.05, 4.69) is 0 Å². The van der Waals surface area contributed by atoms with E-state index in [1.54, 1.807) is 6.07 Å². The molecule has 0 radical (unpaired) electrons. The van der Waals surface area contributed by atoms with Crippen LogP contribution in [0.4, 0.5) is 11.4 Å². The summed E-state index contributed by atoms with van der Waals surface area (Å²) in [6.45, 7) is 0. The first kappa shape index (κ1) is 12.0. The summed E-state index contributed by atoms with van der Waals surface area (Å²) in [6.07, 6.45) is 1.00. The number of hydrogen-bond donors (Lipinski definition) is 2. The van der Waals surface area contributed by atoms with Crippen molar-refractivity contribution < 1.29 is 14.8 Å². The van der Waals surface area contributed by atoms with E-state index in [1.165, 1.54) is 12.1 Å². The molecule has 0 fully saturated rings. The number of carboxylic acid groups (broad SMARTS) is 1. The second-order valence-electron chi connectivity index (χ2n) is 3.40. The number of carbonyl (C=O) groups is 1. The third-order valence-electron chi connectivity index (χ3n) is 2.15. The van der Waals surface area contributed by atoms with Gasteiger partial charge in [-0.1, -0.05) is 6.07 Å². The minimum Gasteiger partial charge on any atom is -0.481 e. The van der Waals surface area contributed by atoms with Crippen molar-refractivity contribution in [2.24, 2.45) is 0 Å². The predicted octanol–water partition coefficient (Wildman–Crippen LogP) is 1.58. The molecule has 86 valence electrons. The van der Waals surface area contributed by atoms with E-state index in [0.717, 1.165) is 5.56 Å². The van der Waals surface area contributed by atoms with Crippen LogP contribution in [0.1, 0.15) is 18.4 Å². The molecule has 1 rings (SSSR count). The van der Waals surface area contributed by atoms with Gasteiger partial charge in [-0.3, -0.25) is 14.9 Å². The third kappa shape index (κ3) is 3.23. The van der Waals surface area contributed by atoms with Crippen molar-refractivity contribution in [3.63, 3.8) is 0 Å². The Balaban J connectivity index is 2.71. The van der Waals surface area contributed by atoms with E-state index in [0.29, 0.717) is 12.8 Å². The van der Waals surface area contributed by atoms with Crippen LogP contribution in [-0.2, 0) is 11.2 Å². The second-order valence-corrected chi connectivity index (χ2v) is 3.40. The Bertz CT molecular complexity index is 417. The first-order valence-corrected chi connectivity index (χ1v) is 4.75. The zero-order valence-corrected chi connectivity index (χ0v) is 8.55. The normalized spacial score (nSPS) is 10.0. The van der Waals surface area contributed by atoms with Crippen LogP contribution in [0.5, 0.6) is 0 Å². The number of nitro benzene ring substituents is 1. The first-order valence-electron chi connectivity index (χ1n) is 4.75. The van der Waals surface area contributed by atoms with E-state index in [-0.39, 0.29) is 17.8 Å². The Hall–Kier alpha value is -2.11. The first-order chi connectivity index (χ1) is 7.50. The Morgan fingerprint density at radius 1 is 1.50 bits per heavy atom. The van der Waals surface area contributed by atoms with Crippen LogP contribution in [-0.4, -0.2) is 16.0 Å². The highest BCUT2D eigenvalue weighted by atomic mass is 16.6. The maximum atomic E-state index is 10.6. The minimum absolute atomic E-state index is 0.0537. The molecule has 6 heteroatoms. The van der Waals surface area contributed by atoms with Crippen LogP contribution in [0, 0.1) is 10.1 Å². The molecule has 0 saturated heterocycles. The van der Waals surface area contributed by atoms with Gasteiger partial charge in [0.05, 0.1) is 4.92 Å². The molecular formula is C10H12N2O4. The van der Waals surface area contributed by atoms with Gasteiger partial charge in [0, 0.05) is 12.5 Å². The highest BCUT2D eigenvalue weighted by Gasteiger charge is 2.11. The lowest BCUT2D eigenvalue weighted by molar-refractivity contribution is -0.384. The molecule has 6 nitrogen and oxygen atoms in total. The zero-order chi connectivity index (χ0) is 12.1. The van der Waals surface area contributed by atoms with Crippen molar-refractivity contribution in [1.29, 1.82) is 0 Å². The number of nitro groups is 1. The summed E-state index contributed by atoms with van der Waals surface area (Å²) in [6, 6.07) is 4.52. The van der Waals surface area contributed by atoms with Crippen LogP contribution in [0.25, 0.3) is 0 Å². The van der Waals surface area contributed by atoms with Gasteiger partial charge in [-0.2, -0.15) is 0 Å². The molecular weight excluding hydrogens is 212 g/mol. The molecule has 0 aliphatic carbocycles. The van der Waals surface area contributed by atoms with Crippen LogP contribution in [0.2, 0.25) is 0 Å². The Labute approximate surface area is 91.8 Å². The summed E-state index contributed by atoms with van der Waals surface area (Å²) < 4.78 is 0. The van der Waals surface area contributed by atoms with Gasteiger partial charge in [-0.15, -0.1) is 0 Å². The van der Waals surface area contributed by atoms with Crippen molar-refractivity contribution in [2.75, 3.05) is 5.73 Å². The standard InChI is InChI=1S/C10H12N2O4/c11-8-5-4-7(2-1-3-10(13)14)6-9(8)12(15)16/h4-6H,1-3,11H2,(H,13,14). The van der Waals surface area contributed by atoms with Gasteiger partial charge in [0.1, 0.15) is 5.69 Å². The average molecular weight is 224 g/mol. The molecule has 0 aromatic heterocycles. The number of carboxylic acids is 1. The number of nitrogens with zero attached hydrogens (tertiary/aromatic N) is 1. The predicted molar refractivity (Wildman–Crippen MR) is 58.1 cm³/mol. The molecule has 16 heavy (non-hydrogen) atoms. The smallest absolute Gasteiger partial charge is 0.303 e. The average Bonchev–Trinajstić information content (AvgIpc) is 2.19. The fourth-order valence-electron chi connectivity index (χ4n) is 1.35. The highest BCUT2D eigenvalue weighted by molar-refractivity contribution is 5.66. The van der Waals surface area contributed by atoms with Gasteiger partial charge >= 0.3 is 5.97 Å². The lowest BCUT2D eigenvalue weighted by Crippen LogP contribution is -1.99. The van der Waals surface area contributed by atoms with Crippen LogP contribution >= 0.6 is 0 Å². The quantitative estimate of drug-likeness (QED) is 0.448. The third-order valence-corrected chi connectivity index (χ3v) is 2.15.